The summed E-state index contributed by atoms with van der Waals surface area (Å²) < 4.78 is 45.9. The number of piperidine rings is 1. The van der Waals surface area contributed by atoms with Gasteiger partial charge in [-0.3, -0.25) is 9.48 Å². The standard InChI is InChI=1S/C19H20F3N3O2/c1-24-8-7-16(23-24)18(26)25-14-6-5-12(9-14)17(25)11-27-15-4-2-3-13(10-15)19(20,21)22/h2-4,7-8,10,12,14,17H,5-6,9,11H2,1H3/t12-,14+,17+/m0/s1. The monoisotopic (exact) mass is 379 g/mol. The van der Waals surface area contributed by atoms with Crippen molar-refractivity contribution in [3.8, 4) is 5.75 Å². The molecule has 2 heterocycles. The number of aromatic nitrogens is 2. The number of nitrogens with zero attached hydrogens (tertiary/aromatic N) is 3. The molecule has 2 aliphatic rings. The van der Waals surface area contributed by atoms with Crippen LogP contribution in [0.1, 0.15) is 35.3 Å². The first-order valence-corrected chi connectivity index (χ1v) is 8.95. The molecule has 3 atom stereocenters. The molecule has 144 valence electrons. The van der Waals surface area contributed by atoms with Crippen molar-refractivity contribution in [1.82, 2.24) is 14.7 Å². The van der Waals surface area contributed by atoms with Gasteiger partial charge in [-0.15, -0.1) is 0 Å². The Kier molecular flexibility index (Phi) is 4.36. The lowest BCUT2D eigenvalue weighted by Gasteiger charge is -2.34. The number of ether oxygens (including phenoxy) is 1. The summed E-state index contributed by atoms with van der Waals surface area (Å²) in [5.74, 6) is 0.340. The van der Waals surface area contributed by atoms with E-state index in [9.17, 15) is 18.0 Å². The van der Waals surface area contributed by atoms with Gasteiger partial charge in [-0.2, -0.15) is 18.3 Å². The molecule has 1 aromatic carbocycles. The van der Waals surface area contributed by atoms with Gasteiger partial charge in [-0.1, -0.05) is 6.07 Å². The first-order chi connectivity index (χ1) is 12.8. The zero-order chi connectivity index (χ0) is 19.2. The molecule has 0 unspecified atom stereocenters. The van der Waals surface area contributed by atoms with Gasteiger partial charge in [0.2, 0.25) is 0 Å². The molecule has 1 saturated heterocycles. The second-order valence-corrected chi connectivity index (χ2v) is 7.22. The van der Waals surface area contributed by atoms with Gasteiger partial charge < -0.3 is 9.64 Å². The minimum atomic E-state index is -4.41. The number of amides is 1. The molecule has 0 spiro atoms. The topological polar surface area (TPSA) is 47.4 Å². The van der Waals surface area contributed by atoms with Crippen molar-refractivity contribution in [2.24, 2.45) is 13.0 Å². The minimum Gasteiger partial charge on any atom is -0.491 e. The highest BCUT2D eigenvalue weighted by Crippen LogP contribution is 2.43. The van der Waals surface area contributed by atoms with Gasteiger partial charge in [0.15, 0.2) is 0 Å². The smallest absolute Gasteiger partial charge is 0.416 e. The average molecular weight is 379 g/mol. The quantitative estimate of drug-likeness (QED) is 0.817. The molecule has 1 amide bonds. The lowest BCUT2D eigenvalue weighted by Crippen LogP contribution is -2.48. The highest BCUT2D eigenvalue weighted by Gasteiger charge is 2.48. The molecule has 2 fully saturated rings. The van der Waals surface area contributed by atoms with E-state index in [0.717, 1.165) is 31.4 Å². The van der Waals surface area contributed by atoms with Crippen LogP contribution in [0.5, 0.6) is 5.75 Å². The Morgan fingerprint density at radius 3 is 2.81 bits per heavy atom. The lowest BCUT2D eigenvalue weighted by atomic mass is 9.99. The summed E-state index contributed by atoms with van der Waals surface area (Å²) in [4.78, 5) is 14.7. The maximum Gasteiger partial charge on any atom is 0.416 e. The average Bonchev–Trinajstić information content (AvgIpc) is 3.34. The van der Waals surface area contributed by atoms with Crippen molar-refractivity contribution >= 4 is 5.91 Å². The number of hydrogen-bond acceptors (Lipinski definition) is 3. The summed E-state index contributed by atoms with van der Waals surface area (Å²) in [7, 11) is 1.75. The summed E-state index contributed by atoms with van der Waals surface area (Å²) in [6.45, 7) is 0.182. The van der Waals surface area contributed by atoms with Gasteiger partial charge >= 0.3 is 6.18 Å². The fourth-order valence-corrected chi connectivity index (χ4v) is 4.23. The predicted octanol–water partition coefficient (Wildman–Crippen LogP) is 3.51. The molecule has 4 rings (SSSR count). The van der Waals surface area contributed by atoms with E-state index in [1.54, 1.807) is 24.0 Å². The van der Waals surface area contributed by atoms with Gasteiger partial charge in [-0.05, 0) is 49.4 Å². The molecule has 8 heteroatoms. The maximum atomic E-state index is 12.9. The number of carbonyl (C=O) groups excluding carboxylic acids is 1. The maximum absolute atomic E-state index is 12.9. The molecule has 27 heavy (non-hydrogen) atoms. The second kappa shape index (κ2) is 6.58. The van der Waals surface area contributed by atoms with Crippen LogP contribution in [0.25, 0.3) is 0 Å². The van der Waals surface area contributed by atoms with Crippen LogP contribution >= 0.6 is 0 Å². The first kappa shape index (κ1) is 17.9. The molecule has 1 aliphatic heterocycles. The van der Waals surface area contributed by atoms with Crippen LogP contribution in [0.2, 0.25) is 0 Å². The zero-order valence-corrected chi connectivity index (χ0v) is 14.8. The SMILES string of the molecule is Cn1ccc(C(=O)N2[C@@H]3CC[C@@H](C3)[C@H]2COc2cccc(C(F)(F)F)c2)n1. The molecule has 1 aromatic heterocycles. The van der Waals surface area contributed by atoms with E-state index in [0.29, 0.717) is 11.6 Å². The molecular formula is C19H20F3N3O2. The van der Waals surface area contributed by atoms with Crippen LogP contribution in [0, 0.1) is 5.92 Å². The summed E-state index contributed by atoms with van der Waals surface area (Å²) in [5, 5.41) is 4.19. The number of halogens is 3. The number of hydrogen-bond donors (Lipinski definition) is 0. The van der Waals surface area contributed by atoms with Crippen molar-refractivity contribution in [3.63, 3.8) is 0 Å². The van der Waals surface area contributed by atoms with Crippen molar-refractivity contribution < 1.29 is 22.7 Å². The normalized spacial score (nSPS) is 24.4. The van der Waals surface area contributed by atoms with Crippen LogP contribution in [0.15, 0.2) is 36.5 Å². The Balaban J connectivity index is 1.50. The molecule has 5 nitrogen and oxygen atoms in total. The molecule has 0 N–H and O–H groups in total. The number of benzene rings is 1. The third-order valence-corrected chi connectivity index (χ3v) is 5.49. The van der Waals surface area contributed by atoms with E-state index in [4.69, 9.17) is 4.74 Å². The first-order valence-electron chi connectivity index (χ1n) is 8.95. The minimum absolute atomic E-state index is 0.138. The summed E-state index contributed by atoms with van der Waals surface area (Å²) in [6.07, 6.45) is 0.175. The fourth-order valence-electron chi connectivity index (χ4n) is 4.23. The molecule has 2 aromatic rings. The van der Waals surface area contributed by atoms with E-state index in [1.165, 1.54) is 12.1 Å². The summed E-state index contributed by atoms with van der Waals surface area (Å²) in [6, 6.07) is 6.54. The molecule has 2 bridgehead atoms. The zero-order valence-electron chi connectivity index (χ0n) is 14.8. The van der Waals surface area contributed by atoms with Crippen LogP contribution in [0.4, 0.5) is 13.2 Å². The van der Waals surface area contributed by atoms with Crippen molar-refractivity contribution in [3.05, 3.63) is 47.8 Å². The van der Waals surface area contributed by atoms with E-state index < -0.39 is 11.7 Å². The van der Waals surface area contributed by atoms with Crippen molar-refractivity contribution in [1.29, 1.82) is 0 Å². The van der Waals surface area contributed by atoms with Crippen LogP contribution in [-0.2, 0) is 13.2 Å². The number of carbonyl (C=O) groups is 1. The van der Waals surface area contributed by atoms with Gasteiger partial charge in [0.05, 0.1) is 11.6 Å². The Bertz CT molecular complexity index is 849. The number of fused-ring (bicyclic) bond motifs is 2. The summed E-state index contributed by atoms with van der Waals surface area (Å²) >= 11 is 0. The van der Waals surface area contributed by atoms with Gasteiger partial charge in [0, 0.05) is 19.3 Å². The van der Waals surface area contributed by atoms with Crippen molar-refractivity contribution in [2.45, 2.75) is 37.5 Å². The number of aryl methyl sites for hydroxylation is 1. The van der Waals surface area contributed by atoms with Gasteiger partial charge in [0.1, 0.15) is 18.1 Å². The number of alkyl halides is 3. The molecule has 1 aliphatic carbocycles. The van der Waals surface area contributed by atoms with Gasteiger partial charge in [0.25, 0.3) is 5.91 Å². The Morgan fingerprint density at radius 2 is 2.11 bits per heavy atom. The van der Waals surface area contributed by atoms with Gasteiger partial charge in [-0.25, -0.2) is 0 Å². The van der Waals surface area contributed by atoms with E-state index in [-0.39, 0.29) is 30.3 Å². The van der Waals surface area contributed by atoms with Crippen LogP contribution in [-0.4, -0.2) is 39.3 Å². The third-order valence-electron chi connectivity index (χ3n) is 5.49. The molecule has 1 saturated carbocycles. The lowest BCUT2D eigenvalue weighted by molar-refractivity contribution is -0.137. The summed E-state index contributed by atoms with van der Waals surface area (Å²) in [5.41, 5.74) is -0.358. The largest absolute Gasteiger partial charge is 0.491 e. The second-order valence-electron chi connectivity index (χ2n) is 7.22. The Hall–Kier alpha value is -2.51. The fraction of sp³-hybridized carbons (Fsp3) is 0.474. The van der Waals surface area contributed by atoms with E-state index in [1.807, 2.05) is 4.90 Å². The molecular weight excluding hydrogens is 359 g/mol. The van der Waals surface area contributed by atoms with Crippen LogP contribution in [0.3, 0.4) is 0 Å². The molecule has 0 radical (unpaired) electrons. The Labute approximate surface area is 154 Å². The number of rotatable bonds is 4. The third kappa shape index (κ3) is 3.40. The van der Waals surface area contributed by atoms with E-state index >= 15 is 0 Å². The number of likely N-dealkylation sites (tertiary alicyclic amines) is 1. The Morgan fingerprint density at radius 1 is 1.30 bits per heavy atom. The predicted molar refractivity (Wildman–Crippen MR) is 91.2 cm³/mol. The highest BCUT2D eigenvalue weighted by atomic mass is 19.4. The highest BCUT2D eigenvalue weighted by molar-refractivity contribution is 5.93. The van der Waals surface area contributed by atoms with Crippen LogP contribution < -0.4 is 4.74 Å². The van der Waals surface area contributed by atoms with Crippen molar-refractivity contribution in [2.75, 3.05) is 6.61 Å². The van der Waals surface area contributed by atoms with E-state index in [2.05, 4.69) is 5.10 Å².